The van der Waals surface area contributed by atoms with Crippen LogP contribution in [0.5, 0.6) is 5.75 Å². The second-order valence-electron chi connectivity index (χ2n) is 9.76. The monoisotopic (exact) mass is 506 g/mol. The van der Waals surface area contributed by atoms with Crippen LogP contribution in [0.1, 0.15) is 107 Å². The van der Waals surface area contributed by atoms with Crippen LogP contribution in [0.4, 0.5) is 13.2 Å². The van der Waals surface area contributed by atoms with Gasteiger partial charge in [-0.25, -0.2) is 8.78 Å². The second-order valence-corrected chi connectivity index (χ2v) is 9.76. The highest BCUT2D eigenvalue weighted by molar-refractivity contribution is 5.32. The Morgan fingerprint density at radius 2 is 1.39 bits per heavy atom. The largest absolute Gasteiger partial charge is 0.490 e. The molecular weight excluding hydrogens is 465 g/mol. The maximum atomic E-state index is 14.8. The lowest BCUT2D eigenvalue weighted by Gasteiger charge is -2.30. The molecule has 1 fully saturated rings. The van der Waals surface area contributed by atoms with Crippen molar-refractivity contribution in [3.63, 3.8) is 0 Å². The van der Waals surface area contributed by atoms with E-state index >= 15 is 0 Å². The molecule has 200 valence electrons. The Kier molecular flexibility index (Phi) is 12.1. The number of hydrogen-bond donors (Lipinski definition) is 0. The molecular formula is C30H41F3O3. The number of aryl methyl sites for hydroxylation is 1. The molecule has 2 aromatic rings. The average Bonchev–Trinajstić information content (AvgIpc) is 2.88. The van der Waals surface area contributed by atoms with Crippen LogP contribution in [0.25, 0.3) is 0 Å². The van der Waals surface area contributed by atoms with Crippen LogP contribution in [0.15, 0.2) is 30.3 Å². The van der Waals surface area contributed by atoms with Gasteiger partial charge in [0.15, 0.2) is 17.9 Å². The molecule has 1 aliphatic rings. The van der Waals surface area contributed by atoms with Gasteiger partial charge in [-0.15, -0.1) is 0 Å². The summed E-state index contributed by atoms with van der Waals surface area (Å²) in [6.07, 6.45) is 11.0. The Morgan fingerprint density at radius 3 is 2.08 bits per heavy atom. The molecule has 0 unspecified atom stereocenters. The SMILES string of the molecule is CCCCCCCCCOc1ccc(C2OCC(c3ccc(CCCCC)cc3F)CO2)c(F)c1F. The number of benzene rings is 2. The number of unbranched alkanes of at least 4 members (excludes halogenated alkanes) is 8. The first kappa shape index (κ1) is 28.5. The molecule has 36 heavy (non-hydrogen) atoms. The van der Waals surface area contributed by atoms with Gasteiger partial charge in [0.25, 0.3) is 0 Å². The molecule has 0 aromatic heterocycles. The van der Waals surface area contributed by atoms with Crippen LogP contribution in [0.2, 0.25) is 0 Å². The molecule has 0 bridgehead atoms. The van der Waals surface area contributed by atoms with Gasteiger partial charge in [-0.2, -0.15) is 4.39 Å². The summed E-state index contributed by atoms with van der Waals surface area (Å²) in [5.74, 6) is -2.74. The molecule has 3 nitrogen and oxygen atoms in total. The second kappa shape index (κ2) is 15.3. The van der Waals surface area contributed by atoms with Crippen LogP contribution in [-0.2, 0) is 15.9 Å². The molecule has 0 aliphatic carbocycles. The van der Waals surface area contributed by atoms with Gasteiger partial charge in [0.2, 0.25) is 5.82 Å². The van der Waals surface area contributed by atoms with E-state index < -0.39 is 17.9 Å². The van der Waals surface area contributed by atoms with E-state index in [0.29, 0.717) is 12.2 Å². The Labute approximate surface area is 214 Å². The van der Waals surface area contributed by atoms with E-state index in [-0.39, 0.29) is 36.3 Å². The maximum Gasteiger partial charge on any atom is 0.201 e. The summed E-state index contributed by atoms with van der Waals surface area (Å²) in [7, 11) is 0. The van der Waals surface area contributed by atoms with Crippen LogP contribution >= 0.6 is 0 Å². The Hall–Kier alpha value is -2.05. The minimum atomic E-state index is -1.04. The summed E-state index contributed by atoms with van der Waals surface area (Å²) in [4.78, 5) is 0. The van der Waals surface area contributed by atoms with Crippen molar-refractivity contribution in [3.05, 3.63) is 64.5 Å². The first-order valence-electron chi connectivity index (χ1n) is 13.7. The molecule has 6 heteroatoms. The molecule has 1 saturated heterocycles. The fourth-order valence-corrected chi connectivity index (χ4v) is 4.58. The van der Waals surface area contributed by atoms with Crippen molar-refractivity contribution in [1.29, 1.82) is 0 Å². The van der Waals surface area contributed by atoms with E-state index in [1.807, 2.05) is 6.07 Å². The van der Waals surface area contributed by atoms with E-state index in [0.717, 1.165) is 50.5 Å². The Bertz CT molecular complexity index is 926. The Balaban J connectivity index is 1.48. The van der Waals surface area contributed by atoms with Crippen molar-refractivity contribution in [2.75, 3.05) is 19.8 Å². The van der Waals surface area contributed by atoms with Crippen LogP contribution < -0.4 is 4.74 Å². The lowest BCUT2D eigenvalue weighted by molar-refractivity contribution is -0.193. The molecule has 1 heterocycles. The summed E-state index contributed by atoms with van der Waals surface area (Å²) in [6.45, 7) is 5.00. The predicted octanol–water partition coefficient (Wildman–Crippen LogP) is 8.80. The molecule has 0 radical (unpaired) electrons. The first-order valence-corrected chi connectivity index (χ1v) is 13.7. The van der Waals surface area contributed by atoms with Gasteiger partial charge >= 0.3 is 0 Å². The van der Waals surface area contributed by atoms with Crippen molar-refractivity contribution < 1.29 is 27.4 Å². The Morgan fingerprint density at radius 1 is 0.750 bits per heavy atom. The highest BCUT2D eigenvalue weighted by Gasteiger charge is 2.30. The van der Waals surface area contributed by atoms with Crippen LogP contribution in [0, 0.1) is 17.5 Å². The van der Waals surface area contributed by atoms with E-state index in [1.165, 1.54) is 37.8 Å². The number of rotatable bonds is 15. The number of hydrogen-bond acceptors (Lipinski definition) is 3. The zero-order valence-electron chi connectivity index (χ0n) is 21.8. The third-order valence-corrected chi connectivity index (χ3v) is 6.81. The third-order valence-electron chi connectivity index (χ3n) is 6.81. The lowest BCUT2D eigenvalue weighted by Crippen LogP contribution is -2.27. The molecule has 2 aromatic carbocycles. The fraction of sp³-hybridized carbons (Fsp3) is 0.600. The van der Waals surface area contributed by atoms with Gasteiger partial charge in [-0.3, -0.25) is 0 Å². The van der Waals surface area contributed by atoms with E-state index in [2.05, 4.69) is 13.8 Å². The van der Waals surface area contributed by atoms with Crippen molar-refractivity contribution in [2.24, 2.45) is 0 Å². The molecule has 0 spiro atoms. The van der Waals surface area contributed by atoms with E-state index in [9.17, 15) is 13.2 Å². The average molecular weight is 507 g/mol. The zero-order chi connectivity index (χ0) is 25.8. The number of halogens is 3. The minimum Gasteiger partial charge on any atom is -0.490 e. The highest BCUT2D eigenvalue weighted by atomic mass is 19.2. The van der Waals surface area contributed by atoms with Crippen molar-refractivity contribution in [2.45, 2.75) is 96.7 Å². The molecule has 0 N–H and O–H groups in total. The van der Waals surface area contributed by atoms with E-state index in [1.54, 1.807) is 12.1 Å². The zero-order valence-corrected chi connectivity index (χ0v) is 21.8. The predicted molar refractivity (Wildman–Crippen MR) is 137 cm³/mol. The molecule has 3 rings (SSSR count). The summed E-state index contributed by atoms with van der Waals surface area (Å²) in [6, 6.07) is 8.17. The first-order chi connectivity index (χ1) is 17.5. The van der Waals surface area contributed by atoms with Crippen molar-refractivity contribution in [1.82, 2.24) is 0 Å². The highest BCUT2D eigenvalue weighted by Crippen LogP contribution is 2.34. The fourth-order valence-electron chi connectivity index (χ4n) is 4.58. The maximum absolute atomic E-state index is 14.8. The normalized spacial score (nSPS) is 17.9. The number of ether oxygens (including phenoxy) is 3. The van der Waals surface area contributed by atoms with Gasteiger partial charge in [-0.1, -0.05) is 77.3 Å². The van der Waals surface area contributed by atoms with Crippen LogP contribution in [-0.4, -0.2) is 19.8 Å². The van der Waals surface area contributed by atoms with Crippen molar-refractivity contribution >= 4 is 0 Å². The van der Waals surface area contributed by atoms with Gasteiger partial charge in [0, 0.05) is 11.5 Å². The van der Waals surface area contributed by atoms with Gasteiger partial charge in [-0.05, 0) is 48.6 Å². The van der Waals surface area contributed by atoms with Gasteiger partial charge < -0.3 is 14.2 Å². The lowest BCUT2D eigenvalue weighted by atomic mass is 9.96. The topological polar surface area (TPSA) is 27.7 Å². The molecule has 1 aliphatic heterocycles. The third kappa shape index (κ3) is 8.24. The summed E-state index contributed by atoms with van der Waals surface area (Å²) in [5, 5.41) is 0. The summed E-state index contributed by atoms with van der Waals surface area (Å²) in [5.41, 5.74) is 1.49. The molecule has 0 atom stereocenters. The van der Waals surface area contributed by atoms with Gasteiger partial charge in [0.1, 0.15) is 5.82 Å². The summed E-state index contributed by atoms with van der Waals surface area (Å²) < 4.78 is 61.0. The van der Waals surface area contributed by atoms with Gasteiger partial charge in [0.05, 0.1) is 19.8 Å². The molecule has 0 saturated carbocycles. The minimum absolute atomic E-state index is 0.0130. The van der Waals surface area contributed by atoms with Crippen molar-refractivity contribution in [3.8, 4) is 5.75 Å². The molecule has 0 amide bonds. The van der Waals surface area contributed by atoms with Crippen LogP contribution in [0.3, 0.4) is 0 Å². The smallest absolute Gasteiger partial charge is 0.201 e. The summed E-state index contributed by atoms with van der Waals surface area (Å²) >= 11 is 0. The standard InChI is InChI=1S/C30H41F3O3/c1-3-5-7-8-9-10-12-18-34-27-17-16-25(28(32)29(27)33)30-35-20-23(21-36-30)24-15-14-22(19-26(24)31)13-11-6-4-2/h14-17,19,23,30H,3-13,18,20-21H2,1-2H3. The van der Waals surface area contributed by atoms with E-state index in [4.69, 9.17) is 14.2 Å². The quantitative estimate of drug-likeness (QED) is 0.226.